The molecular weight excluding hydrogens is 367 g/mol. The van der Waals surface area contributed by atoms with E-state index in [-0.39, 0.29) is 10.6 Å². The lowest BCUT2D eigenvalue weighted by Gasteiger charge is -2.11. The van der Waals surface area contributed by atoms with Gasteiger partial charge in [-0.15, -0.1) is 0 Å². The molecule has 0 aliphatic rings. The Morgan fingerprint density at radius 3 is 2.04 bits per heavy atom. The number of primary sulfonamides is 1. The Hall–Kier alpha value is -1.97. The van der Waals surface area contributed by atoms with Gasteiger partial charge in [0.05, 0.1) is 15.5 Å². The average Bonchev–Trinajstić information content (AvgIpc) is 2.48. The van der Waals surface area contributed by atoms with E-state index in [0.29, 0.717) is 12.0 Å². The van der Waals surface area contributed by atoms with E-state index in [4.69, 9.17) is 5.14 Å². The lowest BCUT2D eigenvalue weighted by Crippen LogP contribution is -2.16. The lowest BCUT2D eigenvalue weighted by atomic mass is 10.0. The van der Waals surface area contributed by atoms with Crippen molar-refractivity contribution in [2.45, 2.75) is 30.1 Å². The fraction of sp³-hybridized carbons (Fsp3) is 0.250. The van der Waals surface area contributed by atoms with Gasteiger partial charge in [0.1, 0.15) is 5.82 Å². The number of rotatable bonds is 6. The van der Waals surface area contributed by atoms with Crippen LogP contribution in [0.5, 0.6) is 0 Å². The summed E-state index contributed by atoms with van der Waals surface area (Å²) in [4.78, 5) is -0.457. The smallest absolute Gasteiger partial charge is 0.261 e. The van der Waals surface area contributed by atoms with Crippen LogP contribution in [0.15, 0.2) is 52.3 Å². The molecule has 0 atom stereocenters. The number of anilines is 1. The van der Waals surface area contributed by atoms with Gasteiger partial charge in [-0.25, -0.2) is 26.4 Å². The third-order valence-electron chi connectivity index (χ3n) is 3.39. The molecule has 0 saturated carbocycles. The van der Waals surface area contributed by atoms with Gasteiger partial charge in [0.15, 0.2) is 0 Å². The van der Waals surface area contributed by atoms with Crippen molar-refractivity contribution in [3.05, 3.63) is 53.8 Å². The van der Waals surface area contributed by atoms with E-state index in [9.17, 15) is 21.2 Å². The summed E-state index contributed by atoms with van der Waals surface area (Å²) in [5, 5.41) is 4.91. The number of hydrogen-bond acceptors (Lipinski definition) is 4. The Kier molecular flexibility index (Phi) is 5.50. The molecule has 6 nitrogen and oxygen atoms in total. The minimum Gasteiger partial charge on any atom is -0.277 e. The molecule has 0 aromatic heterocycles. The maximum absolute atomic E-state index is 14.0. The largest absolute Gasteiger partial charge is 0.277 e. The molecule has 0 heterocycles. The van der Waals surface area contributed by atoms with Crippen LogP contribution in [0.2, 0.25) is 0 Å². The highest BCUT2D eigenvalue weighted by Gasteiger charge is 2.18. The van der Waals surface area contributed by atoms with Crippen molar-refractivity contribution in [3.8, 4) is 0 Å². The quantitative estimate of drug-likeness (QED) is 0.795. The summed E-state index contributed by atoms with van der Waals surface area (Å²) in [6.45, 7) is 4.11. The molecule has 2 aromatic carbocycles. The van der Waals surface area contributed by atoms with E-state index in [1.54, 1.807) is 12.1 Å². The summed E-state index contributed by atoms with van der Waals surface area (Å²) in [6.07, 6.45) is 0.817. The zero-order valence-corrected chi connectivity index (χ0v) is 15.4. The highest BCUT2D eigenvalue weighted by molar-refractivity contribution is 7.92. The van der Waals surface area contributed by atoms with Crippen LogP contribution < -0.4 is 9.86 Å². The molecule has 9 heteroatoms. The van der Waals surface area contributed by atoms with Gasteiger partial charge in [0.2, 0.25) is 10.0 Å². The molecule has 136 valence electrons. The number of hydrogen-bond donors (Lipinski definition) is 2. The van der Waals surface area contributed by atoms with Crippen LogP contribution in [0.3, 0.4) is 0 Å². The van der Waals surface area contributed by atoms with Crippen molar-refractivity contribution in [2.24, 2.45) is 11.1 Å². The molecule has 0 spiro atoms. The van der Waals surface area contributed by atoms with Crippen molar-refractivity contribution < 1.29 is 21.2 Å². The Labute approximate surface area is 147 Å². The van der Waals surface area contributed by atoms with E-state index in [1.165, 1.54) is 12.1 Å². The van der Waals surface area contributed by atoms with Gasteiger partial charge in [0, 0.05) is 0 Å². The molecule has 3 N–H and O–H groups in total. The van der Waals surface area contributed by atoms with E-state index in [0.717, 1.165) is 24.1 Å². The average molecular weight is 386 g/mol. The molecule has 0 aliphatic heterocycles. The van der Waals surface area contributed by atoms with Crippen LogP contribution in [-0.4, -0.2) is 16.8 Å². The van der Waals surface area contributed by atoms with Crippen LogP contribution in [0.4, 0.5) is 10.1 Å². The number of nitrogens with two attached hydrogens (primary N) is 1. The summed E-state index contributed by atoms with van der Waals surface area (Å²) < 4.78 is 63.2. The molecule has 0 unspecified atom stereocenters. The number of sulfonamides is 2. The minimum atomic E-state index is -4.07. The van der Waals surface area contributed by atoms with E-state index in [1.807, 2.05) is 0 Å². The van der Waals surface area contributed by atoms with Gasteiger partial charge in [-0.3, -0.25) is 4.72 Å². The topological polar surface area (TPSA) is 106 Å². The number of halogens is 1. The van der Waals surface area contributed by atoms with Crippen molar-refractivity contribution in [1.82, 2.24) is 0 Å². The molecule has 0 amide bonds. The molecule has 25 heavy (non-hydrogen) atoms. The Balaban J connectivity index is 2.27. The summed E-state index contributed by atoms with van der Waals surface area (Å²) >= 11 is 0. The molecule has 0 fully saturated rings. The predicted molar refractivity (Wildman–Crippen MR) is 93.6 cm³/mol. The Bertz CT molecular complexity index is 970. The van der Waals surface area contributed by atoms with Crippen LogP contribution in [0.1, 0.15) is 19.4 Å². The van der Waals surface area contributed by atoms with Crippen molar-refractivity contribution >= 4 is 25.7 Å². The van der Waals surface area contributed by atoms with E-state index >= 15 is 0 Å². The zero-order chi connectivity index (χ0) is 18.8. The summed E-state index contributed by atoms with van der Waals surface area (Å²) in [5.41, 5.74) is 0.635. The van der Waals surface area contributed by atoms with Gasteiger partial charge in [0.25, 0.3) is 10.0 Å². The molecule has 2 rings (SSSR count). The molecular formula is C16H19FN2O4S2. The third kappa shape index (κ3) is 5.00. The van der Waals surface area contributed by atoms with Crippen molar-refractivity contribution in [3.63, 3.8) is 0 Å². The minimum absolute atomic E-state index is 0.0186. The monoisotopic (exact) mass is 386 g/mol. The molecule has 0 aliphatic carbocycles. The summed E-state index contributed by atoms with van der Waals surface area (Å²) in [6, 6.07) is 9.00. The lowest BCUT2D eigenvalue weighted by molar-refractivity contribution is 0.592. The first-order valence-corrected chi connectivity index (χ1v) is 10.5. The first-order chi connectivity index (χ1) is 11.5. The fourth-order valence-electron chi connectivity index (χ4n) is 2.24. The first-order valence-electron chi connectivity index (χ1n) is 7.43. The van der Waals surface area contributed by atoms with E-state index in [2.05, 4.69) is 18.6 Å². The molecule has 0 saturated heterocycles. The van der Waals surface area contributed by atoms with Crippen LogP contribution >= 0.6 is 0 Å². The maximum Gasteiger partial charge on any atom is 0.261 e. The van der Waals surface area contributed by atoms with Gasteiger partial charge in [-0.2, -0.15) is 0 Å². The summed E-state index contributed by atoms with van der Waals surface area (Å²) in [5.74, 6) is -0.599. The number of nitrogens with one attached hydrogen (secondary N) is 1. The molecule has 0 radical (unpaired) electrons. The predicted octanol–water partition coefficient (Wildman–Crippen LogP) is 2.47. The summed E-state index contributed by atoms with van der Waals surface area (Å²) in [7, 11) is -8.07. The van der Waals surface area contributed by atoms with Gasteiger partial charge >= 0.3 is 0 Å². The van der Waals surface area contributed by atoms with E-state index < -0.39 is 30.8 Å². The van der Waals surface area contributed by atoms with Crippen molar-refractivity contribution in [2.75, 3.05) is 4.72 Å². The normalized spacial score (nSPS) is 12.4. The van der Waals surface area contributed by atoms with Gasteiger partial charge < -0.3 is 0 Å². The van der Waals surface area contributed by atoms with Crippen LogP contribution in [0.25, 0.3) is 0 Å². The second kappa shape index (κ2) is 7.11. The SMILES string of the molecule is CC(C)Cc1ccc(S(=O)(=O)Nc2ccc(S(N)(=O)=O)cc2F)cc1. The van der Waals surface area contributed by atoms with Crippen molar-refractivity contribution in [1.29, 1.82) is 0 Å². The second-order valence-corrected chi connectivity index (χ2v) is 9.28. The van der Waals surface area contributed by atoms with Gasteiger partial charge in [-0.1, -0.05) is 26.0 Å². The van der Waals surface area contributed by atoms with Crippen LogP contribution in [-0.2, 0) is 26.5 Å². The standard InChI is InChI=1S/C16H19FN2O4S2/c1-11(2)9-12-3-5-13(6-4-12)25(22,23)19-16-8-7-14(10-15(16)17)24(18,20)21/h3-8,10-11,19H,9H2,1-2H3,(H2,18,20,21). The highest BCUT2D eigenvalue weighted by atomic mass is 32.2. The second-order valence-electron chi connectivity index (χ2n) is 6.03. The molecule has 0 bridgehead atoms. The fourth-order valence-corrected chi connectivity index (χ4v) is 3.83. The first kappa shape index (κ1) is 19.4. The zero-order valence-electron chi connectivity index (χ0n) is 13.7. The Morgan fingerprint density at radius 2 is 1.56 bits per heavy atom. The third-order valence-corrected chi connectivity index (χ3v) is 5.68. The van der Waals surface area contributed by atoms with Crippen LogP contribution in [0, 0.1) is 11.7 Å². The molecule has 2 aromatic rings. The van der Waals surface area contributed by atoms with Gasteiger partial charge in [-0.05, 0) is 48.2 Å². The Morgan fingerprint density at radius 1 is 1.00 bits per heavy atom. The maximum atomic E-state index is 14.0. The number of benzene rings is 2. The highest BCUT2D eigenvalue weighted by Crippen LogP contribution is 2.22.